The molecule has 0 aliphatic carbocycles. The first kappa shape index (κ1) is 25.9. The Morgan fingerprint density at radius 3 is 2.11 bits per heavy atom. The lowest BCUT2D eigenvalue weighted by molar-refractivity contribution is 0.0622. The number of nitrogen functional groups attached to an aromatic ring is 1. The van der Waals surface area contributed by atoms with Gasteiger partial charge in [-0.25, -0.2) is 0 Å². The lowest BCUT2D eigenvalue weighted by Crippen LogP contribution is -2.36. The van der Waals surface area contributed by atoms with E-state index in [1.54, 1.807) is 6.07 Å². The Balaban J connectivity index is 1.58. The standard InChI is InChI=1S/C31H35NO3S/c1-30(2,3)36(24-15-8-6-9-16-24,25-17-10-7-11-18-25)34-21-13-12-14-23-19-20-27-28(29(23)32)26(33)22-31(4,5)35-27/h6-11,15-20H,13,21-22,32H2,1-5H3. The minimum atomic E-state index is -1.81. The summed E-state index contributed by atoms with van der Waals surface area (Å²) in [7, 11) is -1.81. The summed E-state index contributed by atoms with van der Waals surface area (Å²) in [6.07, 6.45) is 0.837. The molecule has 0 spiro atoms. The van der Waals surface area contributed by atoms with E-state index < -0.39 is 15.9 Å². The van der Waals surface area contributed by atoms with Gasteiger partial charge in [-0.15, -0.1) is 0 Å². The van der Waals surface area contributed by atoms with Crippen molar-refractivity contribution in [3.63, 3.8) is 0 Å². The van der Waals surface area contributed by atoms with Gasteiger partial charge in [0.2, 0.25) is 0 Å². The number of hydrogen-bond donors (Lipinski definition) is 1. The number of nitrogens with two attached hydrogens (primary N) is 1. The third kappa shape index (κ3) is 5.02. The van der Waals surface area contributed by atoms with Crippen molar-refractivity contribution in [1.82, 2.24) is 0 Å². The normalized spacial score (nSPS) is 15.3. The Morgan fingerprint density at radius 1 is 0.972 bits per heavy atom. The number of hydrogen-bond acceptors (Lipinski definition) is 4. The fourth-order valence-corrected chi connectivity index (χ4v) is 8.37. The summed E-state index contributed by atoms with van der Waals surface area (Å²) < 4.78 is 12.7. The summed E-state index contributed by atoms with van der Waals surface area (Å²) in [6, 6.07) is 24.6. The zero-order chi connectivity index (χ0) is 26.0. The van der Waals surface area contributed by atoms with Crippen molar-refractivity contribution in [1.29, 1.82) is 0 Å². The van der Waals surface area contributed by atoms with E-state index in [1.165, 1.54) is 9.79 Å². The molecule has 4 nitrogen and oxygen atoms in total. The van der Waals surface area contributed by atoms with E-state index in [-0.39, 0.29) is 10.5 Å². The van der Waals surface area contributed by atoms with Crippen molar-refractivity contribution in [3.8, 4) is 17.6 Å². The van der Waals surface area contributed by atoms with Crippen LogP contribution in [0.3, 0.4) is 0 Å². The van der Waals surface area contributed by atoms with Crippen LogP contribution in [0.15, 0.2) is 82.6 Å². The maximum atomic E-state index is 12.7. The molecule has 4 rings (SSSR count). The Morgan fingerprint density at radius 2 is 1.56 bits per heavy atom. The number of carbonyl (C=O) groups is 1. The first-order chi connectivity index (χ1) is 17.1. The van der Waals surface area contributed by atoms with Gasteiger partial charge in [-0.05, 0) is 71.0 Å². The first-order valence-corrected chi connectivity index (χ1v) is 13.8. The molecule has 3 aromatic carbocycles. The van der Waals surface area contributed by atoms with Gasteiger partial charge >= 0.3 is 0 Å². The van der Waals surface area contributed by atoms with E-state index >= 15 is 0 Å². The van der Waals surface area contributed by atoms with Crippen LogP contribution in [0, 0.1) is 11.8 Å². The predicted octanol–water partition coefficient (Wildman–Crippen LogP) is 7.41. The van der Waals surface area contributed by atoms with E-state index in [0.717, 1.165) is 0 Å². The molecule has 0 aromatic heterocycles. The highest BCUT2D eigenvalue weighted by molar-refractivity contribution is 8.31. The number of ether oxygens (including phenoxy) is 1. The van der Waals surface area contributed by atoms with Crippen molar-refractivity contribution < 1.29 is 13.7 Å². The minimum absolute atomic E-state index is 0.00461. The minimum Gasteiger partial charge on any atom is -0.487 e. The SMILES string of the molecule is CC1(C)CC(=O)c2c(ccc(C#CCCOS(c3ccccc3)(c3ccccc3)C(C)(C)C)c2N)O1. The highest BCUT2D eigenvalue weighted by Gasteiger charge is 2.41. The predicted molar refractivity (Wildman–Crippen MR) is 149 cm³/mol. The topological polar surface area (TPSA) is 61.5 Å². The van der Waals surface area contributed by atoms with Crippen LogP contribution in [0.25, 0.3) is 0 Å². The van der Waals surface area contributed by atoms with E-state index in [9.17, 15) is 4.79 Å². The number of rotatable bonds is 5. The molecule has 0 atom stereocenters. The molecule has 1 aliphatic heterocycles. The number of fused-ring (bicyclic) bond motifs is 1. The highest BCUT2D eigenvalue weighted by atomic mass is 32.3. The molecule has 3 aromatic rings. The van der Waals surface area contributed by atoms with Crippen molar-refractivity contribution in [3.05, 3.63) is 83.9 Å². The monoisotopic (exact) mass is 501 g/mol. The number of ketones is 1. The third-order valence-electron chi connectivity index (χ3n) is 6.18. The Hall–Kier alpha value is -3.20. The number of carbonyl (C=O) groups excluding carboxylic acids is 1. The van der Waals surface area contributed by atoms with Crippen molar-refractivity contribution in [2.24, 2.45) is 0 Å². The van der Waals surface area contributed by atoms with Crippen molar-refractivity contribution >= 4 is 21.8 Å². The summed E-state index contributed by atoms with van der Waals surface area (Å²) in [5, 5.41) is 0. The molecular weight excluding hydrogens is 466 g/mol. The molecular formula is C31H35NO3S. The van der Waals surface area contributed by atoms with Gasteiger partial charge in [0.25, 0.3) is 0 Å². The average molecular weight is 502 g/mol. The molecule has 188 valence electrons. The zero-order valence-corrected chi connectivity index (χ0v) is 22.6. The molecule has 0 radical (unpaired) electrons. The van der Waals surface area contributed by atoms with Gasteiger partial charge < -0.3 is 14.7 Å². The second-order valence-corrected chi connectivity index (χ2v) is 14.0. The van der Waals surface area contributed by atoms with Crippen LogP contribution in [0.2, 0.25) is 0 Å². The smallest absolute Gasteiger partial charge is 0.172 e. The number of Topliss-reactive ketones (excluding diaryl/α,β-unsaturated/α-hetero) is 1. The van der Waals surface area contributed by atoms with Gasteiger partial charge in [0, 0.05) is 26.5 Å². The Bertz CT molecular complexity index is 1260. The lowest BCUT2D eigenvalue weighted by Gasteiger charge is -2.50. The van der Waals surface area contributed by atoms with Crippen LogP contribution in [0.5, 0.6) is 5.75 Å². The second-order valence-electron chi connectivity index (χ2n) is 10.5. The Kier molecular flexibility index (Phi) is 7.22. The van der Waals surface area contributed by atoms with Gasteiger partial charge in [0.05, 0.1) is 24.3 Å². The number of anilines is 1. The molecule has 36 heavy (non-hydrogen) atoms. The summed E-state index contributed by atoms with van der Waals surface area (Å²) in [4.78, 5) is 15.1. The molecule has 0 amide bonds. The fraction of sp³-hybridized carbons (Fsp3) is 0.323. The van der Waals surface area contributed by atoms with Crippen LogP contribution >= 0.6 is 10.3 Å². The highest BCUT2D eigenvalue weighted by Crippen LogP contribution is 2.71. The molecule has 1 aliphatic rings. The maximum absolute atomic E-state index is 12.7. The lowest BCUT2D eigenvalue weighted by atomic mass is 9.91. The van der Waals surface area contributed by atoms with E-state index in [1.807, 2.05) is 32.0 Å². The zero-order valence-electron chi connectivity index (χ0n) is 21.8. The van der Waals surface area contributed by atoms with Gasteiger partial charge in [-0.1, -0.05) is 58.5 Å². The van der Waals surface area contributed by atoms with E-state index in [0.29, 0.717) is 42.0 Å². The summed E-state index contributed by atoms with van der Waals surface area (Å²) in [6.45, 7) is 11.0. The largest absolute Gasteiger partial charge is 0.487 e. The van der Waals surface area contributed by atoms with E-state index in [2.05, 4.69) is 81.1 Å². The average Bonchev–Trinajstić information content (AvgIpc) is 2.82. The summed E-state index contributed by atoms with van der Waals surface area (Å²) in [5.41, 5.74) is 7.30. The summed E-state index contributed by atoms with van der Waals surface area (Å²) in [5.74, 6) is 6.90. The van der Waals surface area contributed by atoms with Crippen LogP contribution in [-0.2, 0) is 4.18 Å². The maximum Gasteiger partial charge on any atom is 0.172 e. The number of benzene rings is 3. The third-order valence-corrected chi connectivity index (χ3v) is 10.3. The van der Waals surface area contributed by atoms with Gasteiger partial charge in [0.15, 0.2) is 5.78 Å². The molecule has 1 heterocycles. The fourth-order valence-electron chi connectivity index (χ4n) is 4.65. The quantitative estimate of drug-likeness (QED) is 0.225. The van der Waals surface area contributed by atoms with Crippen LogP contribution in [0.4, 0.5) is 5.69 Å². The summed E-state index contributed by atoms with van der Waals surface area (Å²) >= 11 is 0. The van der Waals surface area contributed by atoms with E-state index in [4.69, 9.17) is 14.7 Å². The van der Waals surface area contributed by atoms with Crippen molar-refractivity contribution in [2.45, 2.75) is 67.6 Å². The van der Waals surface area contributed by atoms with Gasteiger partial charge in [0.1, 0.15) is 11.4 Å². The molecule has 0 saturated heterocycles. The van der Waals surface area contributed by atoms with Gasteiger partial charge in [-0.2, -0.15) is 0 Å². The molecule has 0 fully saturated rings. The van der Waals surface area contributed by atoms with Crippen LogP contribution in [0.1, 0.15) is 63.4 Å². The Labute approximate surface area is 216 Å². The molecule has 5 heteroatoms. The molecule has 2 N–H and O–H groups in total. The second kappa shape index (κ2) is 10.0. The van der Waals surface area contributed by atoms with Crippen LogP contribution in [-0.4, -0.2) is 22.7 Å². The van der Waals surface area contributed by atoms with Crippen LogP contribution < -0.4 is 10.5 Å². The molecule has 0 bridgehead atoms. The van der Waals surface area contributed by atoms with Gasteiger partial charge in [-0.3, -0.25) is 4.79 Å². The van der Waals surface area contributed by atoms with Crippen molar-refractivity contribution in [2.75, 3.05) is 12.3 Å². The molecule has 0 saturated carbocycles. The first-order valence-electron chi connectivity index (χ1n) is 12.3. The molecule has 0 unspecified atom stereocenters.